The van der Waals surface area contributed by atoms with Crippen LogP contribution in [0.15, 0.2) is 11.8 Å². The Labute approximate surface area is 132 Å². The number of nitrogens with zero attached hydrogens (tertiary/aromatic N) is 2. The van der Waals surface area contributed by atoms with E-state index >= 15 is 0 Å². The number of hydrogen-bond acceptors (Lipinski definition) is 5. The van der Waals surface area contributed by atoms with Crippen molar-refractivity contribution in [3.63, 3.8) is 0 Å². The van der Waals surface area contributed by atoms with Crippen molar-refractivity contribution in [1.82, 2.24) is 10.2 Å². The average Bonchev–Trinajstić information content (AvgIpc) is 2.46. The molecular weight excluding hydrogens is 280 g/mol. The van der Waals surface area contributed by atoms with Gasteiger partial charge in [0.25, 0.3) is 0 Å². The molecule has 0 unspecified atom stereocenters. The van der Waals surface area contributed by atoms with Crippen LogP contribution >= 0.6 is 0 Å². The van der Waals surface area contributed by atoms with Gasteiger partial charge in [-0.2, -0.15) is 5.26 Å². The summed E-state index contributed by atoms with van der Waals surface area (Å²) in [6, 6.07) is 1.92. The van der Waals surface area contributed by atoms with Gasteiger partial charge in [0.1, 0.15) is 11.7 Å². The lowest BCUT2D eigenvalue weighted by Gasteiger charge is -2.33. The van der Waals surface area contributed by atoms with Gasteiger partial charge in [-0.05, 0) is 46.0 Å². The molecule has 0 spiro atoms. The number of likely N-dealkylation sites (tertiary alicyclic amines) is 1. The molecule has 122 valence electrons. The minimum absolute atomic E-state index is 0.225. The highest BCUT2D eigenvalue weighted by atomic mass is 16.6. The maximum absolute atomic E-state index is 12.0. The monoisotopic (exact) mass is 306 g/mol. The van der Waals surface area contributed by atoms with Gasteiger partial charge in [-0.15, -0.1) is 0 Å². The van der Waals surface area contributed by atoms with Crippen LogP contribution in [0, 0.1) is 22.7 Å². The Morgan fingerprint density at radius 3 is 2.59 bits per heavy atom. The van der Waals surface area contributed by atoms with Crippen LogP contribution in [-0.2, 0) is 4.74 Å². The molecule has 0 bridgehead atoms. The molecule has 0 saturated carbocycles. The van der Waals surface area contributed by atoms with E-state index in [-0.39, 0.29) is 6.09 Å². The highest BCUT2D eigenvalue weighted by molar-refractivity contribution is 5.80. The van der Waals surface area contributed by atoms with Crippen LogP contribution in [0.5, 0.6) is 0 Å². The second kappa shape index (κ2) is 8.42. The molecule has 6 nitrogen and oxygen atoms in total. The Hall–Kier alpha value is -2.03. The molecule has 1 amide bonds. The summed E-state index contributed by atoms with van der Waals surface area (Å²) < 4.78 is 5.38. The Bertz CT molecular complexity index is 452. The molecule has 2 N–H and O–H groups in total. The van der Waals surface area contributed by atoms with Gasteiger partial charge in [0.15, 0.2) is 0 Å². The molecule has 0 atom stereocenters. The number of amides is 1. The van der Waals surface area contributed by atoms with Gasteiger partial charge in [-0.3, -0.25) is 0 Å². The highest BCUT2D eigenvalue weighted by Gasteiger charge is 2.26. The summed E-state index contributed by atoms with van der Waals surface area (Å²) in [4.78, 5) is 13.7. The summed E-state index contributed by atoms with van der Waals surface area (Å²) in [7, 11) is 0. The molecule has 1 saturated heterocycles. The van der Waals surface area contributed by atoms with Crippen molar-refractivity contribution in [2.75, 3.05) is 19.6 Å². The fraction of sp³-hybridized carbons (Fsp3) is 0.688. The minimum atomic E-state index is -0.447. The number of allylic oxidation sites excluding steroid dienone is 1. The standard InChI is InChI=1S/C16H26N4O2/c1-16(2,3)22-15(21)20-8-5-13(6-9-20)4-7-19-12-14(10-17)11-18/h10,12-13,17,19H,4-9H2,1-3H3/b14-12+,17-10?. The number of rotatable bonds is 5. The smallest absolute Gasteiger partial charge is 0.410 e. The number of nitriles is 1. The zero-order valence-corrected chi connectivity index (χ0v) is 13.7. The first-order valence-electron chi connectivity index (χ1n) is 7.68. The normalized spacial score (nSPS) is 16.8. The SMILES string of the molecule is CC(C)(C)OC(=O)N1CCC(CCN/C=C(/C#N)C=N)CC1. The third-order valence-electron chi connectivity index (χ3n) is 3.51. The second-order valence-electron chi connectivity index (χ2n) is 6.51. The molecule has 1 aliphatic rings. The molecule has 1 aliphatic heterocycles. The number of hydrogen-bond donors (Lipinski definition) is 2. The van der Waals surface area contributed by atoms with E-state index in [1.807, 2.05) is 26.8 Å². The number of carbonyl (C=O) groups is 1. The largest absolute Gasteiger partial charge is 0.444 e. The van der Waals surface area contributed by atoms with Crippen molar-refractivity contribution in [3.8, 4) is 6.07 Å². The molecule has 1 heterocycles. The minimum Gasteiger partial charge on any atom is -0.444 e. The lowest BCUT2D eigenvalue weighted by molar-refractivity contribution is 0.0181. The topological polar surface area (TPSA) is 89.2 Å². The molecule has 0 aromatic carbocycles. The van der Waals surface area contributed by atoms with E-state index in [4.69, 9.17) is 15.4 Å². The summed E-state index contributed by atoms with van der Waals surface area (Å²) in [5.74, 6) is 0.574. The number of piperidine rings is 1. The molecule has 1 fully saturated rings. The summed E-state index contributed by atoms with van der Waals surface area (Å²) in [5.41, 5.74) is -0.128. The summed E-state index contributed by atoms with van der Waals surface area (Å²) in [6.45, 7) is 7.87. The van der Waals surface area contributed by atoms with Crippen LogP contribution < -0.4 is 5.32 Å². The second-order valence-corrected chi connectivity index (χ2v) is 6.51. The third-order valence-corrected chi connectivity index (χ3v) is 3.51. The van der Waals surface area contributed by atoms with E-state index < -0.39 is 5.60 Å². The Kier molecular flexibility index (Phi) is 6.90. The van der Waals surface area contributed by atoms with Crippen LogP contribution in [0.1, 0.15) is 40.0 Å². The van der Waals surface area contributed by atoms with Gasteiger partial charge in [0, 0.05) is 32.0 Å². The predicted octanol–water partition coefficient (Wildman–Crippen LogP) is 2.67. The Morgan fingerprint density at radius 1 is 1.45 bits per heavy atom. The van der Waals surface area contributed by atoms with Crippen LogP contribution in [-0.4, -0.2) is 42.4 Å². The molecule has 0 aliphatic carbocycles. The number of nitrogens with one attached hydrogen (secondary N) is 2. The van der Waals surface area contributed by atoms with Crippen LogP contribution in [0.2, 0.25) is 0 Å². The zero-order valence-electron chi connectivity index (χ0n) is 13.7. The van der Waals surface area contributed by atoms with Gasteiger partial charge in [-0.1, -0.05) is 0 Å². The summed E-state index contributed by atoms with van der Waals surface area (Å²) >= 11 is 0. The molecular formula is C16H26N4O2. The third kappa shape index (κ3) is 6.61. The van der Waals surface area contributed by atoms with E-state index in [0.29, 0.717) is 11.5 Å². The van der Waals surface area contributed by atoms with E-state index in [1.165, 1.54) is 0 Å². The van der Waals surface area contributed by atoms with Crippen molar-refractivity contribution < 1.29 is 9.53 Å². The lowest BCUT2D eigenvalue weighted by Crippen LogP contribution is -2.42. The maximum Gasteiger partial charge on any atom is 0.410 e. The van der Waals surface area contributed by atoms with Gasteiger partial charge in [-0.25, -0.2) is 4.79 Å². The summed E-state index contributed by atoms with van der Waals surface area (Å²) in [6.07, 6.45) is 5.32. The quantitative estimate of drug-likeness (QED) is 0.464. The Balaban J connectivity index is 2.26. The molecule has 0 aromatic rings. The van der Waals surface area contributed by atoms with Crippen LogP contribution in [0.4, 0.5) is 4.79 Å². The first kappa shape index (κ1) is 18.0. The van der Waals surface area contributed by atoms with Crippen molar-refractivity contribution >= 4 is 12.3 Å². The molecule has 0 radical (unpaired) electrons. The van der Waals surface area contributed by atoms with Crippen molar-refractivity contribution in [1.29, 1.82) is 10.7 Å². The molecule has 0 aromatic heterocycles. The van der Waals surface area contributed by atoms with E-state index in [0.717, 1.165) is 45.1 Å². The average molecular weight is 306 g/mol. The fourth-order valence-electron chi connectivity index (χ4n) is 2.31. The lowest BCUT2D eigenvalue weighted by atomic mass is 9.94. The fourth-order valence-corrected chi connectivity index (χ4v) is 2.31. The van der Waals surface area contributed by atoms with E-state index in [1.54, 1.807) is 11.1 Å². The Morgan fingerprint density at radius 2 is 2.09 bits per heavy atom. The van der Waals surface area contributed by atoms with Crippen LogP contribution in [0.3, 0.4) is 0 Å². The maximum atomic E-state index is 12.0. The van der Waals surface area contributed by atoms with Crippen molar-refractivity contribution in [2.24, 2.45) is 5.92 Å². The number of carbonyl (C=O) groups excluding carboxylic acids is 1. The number of ether oxygens (including phenoxy) is 1. The van der Waals surface area contributed by atoms with E-state index in [9.17, 15) is 4.79 Å². The molecule has 1 rings (SSSR count). The summed E-state index contributed by atoms with van der Waals surface area (Å²) in [5, 5.41) is 18.7. The first-order chi connectivity index (χ1) is 10.4. The van der Waals surface area contributed by atoms with Gasteiger partial charge < -0.3 is 20.4 Å². The van der Waals surface area contributed by atoms with Gasteiger partial charge in [0.05, 0.1) is 5.57 Å². The van der Waals surface area contributed by atoms with Crippen molar-refractivity contribution in [2.45, 2.75) is 45.6 Å². The first-order valence-corrected chi connectivity index (χ1v) is 7.68. The van der Waals surface area contributed by atoms with Crippen molar-refractivity contribution in [3.05, 3.63) is 11.8 Å². The van der Waals surface area contributed by atoms with Gasteiger partial charge in [0.2, 0.25) is 0 Å². The van der Waals surface area contributed by atoms with E-state index in [2.05, 4.69) is 5.32 Å². The highest BCUT2D eigenvalue weighted by Crippen LogP contribution is 2.21. The molecule has 6 heteroatoms. The van der Waals surface area contributed by atoms with Crippen LogP contribution in [0.25, 0.3) is 0 Å². The predicted molar refractivity (Wildman–Crippen MR) is 85.6 cm³/mol. The molecule has 22 heavy (non-hydrogen) atoms. The van der Waals surface area contributed by atoms with Gasteiger partial charge >= 0.3 is 6.09 Å². The zero-order chi connectivity index (χ0) is 16.6.